The van der Waals surface area contributed by atoms with Gasteiger partial charge in [0, 0.05) is 18.5 Å². The van der Waals surface area contributed by atoms with Crippen molar-refractivity contribution in [1.82, 2.24) is 15.5 Å². The minimum absolute atomic E-state index is 0.341. The van der Waals surface area contributed by atoms with Crippen LogP contribution in [0.5, 0.6) is 5.75 Å². The monoisotopic (exact) mass is 405 g/mol. The average Bonchev–Trinajstić information content (AvgIpc) is 3.05. The van der Waals surface area contributed by atoms with Gasteiger partial charge < -0.3 is 20.3 Å². The number of halogens is 2. The summed E-state index contributed by atoms with van der Waals surface area (Å²) >= 11 is 0. The fourth-order valence-corrected chi connectivity index (χ4v) is 4.15. The molecule has 8 heteroatoms. The summed E-state index contributed by atoms with van der Waals surface area (Å²) < 4.78 is 35.7. The second kappa shape index (κ2) is 8.28. The first-order valence-electron chi connectivity index (χ1n) is 10.3. The quantitative estimate of drug-likeness (QED) is 0.722. The Bertz CT molecular complexity index is 841. The fraction of sp³-hybridized carbons (Fsp3) is 0.571. The van der Waals surface area contributed by atoms with Gasteiger partial charge in [0.05, 0.1) is 23.9 Å². The molecule has 3 atom stereocenters. The van der Waals surface area contributed by atoms with Crippen LogP contribution in [0.2, 0.25) is 0 Å². The predicted octanol–water partition coefficient (Wildman–Crippen LogP) is 2.51. The van der Waals surface area contributed by atoms with Crippen LogP contribution in [-0.2, 0) is 6.42 Å². The molecule has 1 aromatic rings. The molecule has 4 rings (SSSR count). The molecule has 0 aromatic heterocycles. The van der Waals surface area contributed by atoms with Gasteiger partial charge in [0.15, 0.2) is 17.9 Å². The van der Waals surface area contributed by atoms with Crippen LogP contribution in [0.15, 0.2) is 17.1 Å². The van der Waals surface area contributed by atoms with Gasteiger partial charge in [-0.2, -0.15) is 0 Å². The highest BCUT2D eigenvalue weighted by atomic mass is 19.1. The molecule has 3 N–H and O–H groups in total. The van der Waals surface area contributed by atoms with E-state index in [1.54, 1.807) is 20.0 Å². The van der Waals surface area contributed by atoms with Gasteiger partial charge in [-0.15, -0.1) is 0 Å². The molecular formula is C21H29F2N5O. The van der Waals surface area contributed by atoms with Crippen molar-refractivity contribution in [3.05, 3.63) is 29.1 Å². The van der Waals surface area contributed by atoms with E-state index in [0.29, 0.717) is 29.6 Å². The van der Waals surface area contributed by atoms with Crippen LogP contribution in [0.3, 0.4) is 0 Å². The van der Waals surface area contributed by atoms with Gasteiger partial charge in [0.2, 0.25) is 0 Å². The number of aliphatic imine (C=N–C) groups is 1. The van der Waals surface area contributed by atoms with E-state index in [4.69, 9.17) is 4.74 Å². The Balaban J connectivity index is 1.70. The molecule has 3 aliphatic heterocycles. The maximum atomic E-state index is 15.7. The number of alkyl halides is 1. The van der Waals surface area contributed by atoms with Gasteiger partial charge in [-0.05, 0) is 52.0 Å². The lowest BCUT2D eigenvalue weighted by Crippen LogP contribution is -2.55. The Morgan fingerprint density at radius 3 is 2.97 bits per heavy atom. The summed E-state index contributed by atoms with van der Waals surface area (Å²) in [6, 6.07) is 1.35. The van der Waals surface area contributed by atoms with Gasteiger partial charge in [0.25, 0.3) is 0 Å². The van der Waals surface area contributed by atoms with E-state index in [1.165, 1.54) is 0 Å². The molecule has 3 aliphatic rings. The number of fused-ring (bicyclic) bond motifs is 1. The second-order valence-corrected chi connectivity index (χ2v) is 8.01. The molecule has 158 valence electrons. The molecule has 29 heavy (non-hydrogen) atoms. The first-order chi connectivity index (χ1) is 14.0. The van der Waals surface area contributed by atoms with Crippen molar-refractivity contribution in [2.75, 3.05) is 39.1 Å². The molecule has 0 fully saturated rings. The number of likely N-dealkylation sites (N-methyl/N-ethyl adjacent to an activating group) is 1. The first-order valence-corrected chi connectivity index (χ1v) is 10.3. The number of rotatable bonds is 3. The molecule has 0 radical (unpaired) electrons. The van der Waals surface area contributed by atoms with Crippen molar-refractivity contribution in [3.8, 4) is 5.75 Å². The zero-order valence-corrected chi connectivity index (χ0v) is 17.2. The number of nitrogens with zero attached hydrogens (tertiary/aromatic N) is 2. The van der Waals surface area contributed by atoms with Crippen molar-refractivity contribution >= 4 is 17.2 Å². The van der Waals surface area contributed by atoms with Gasteiger partial charge in [0.1, 0.15) is 11.9 Å². The number of allylic oxidation sites excluding steroid dienone is 1. The predicted molar refractivity (Wildman–Crippen MR) is 112 cm³/mol. The van der Waals surface area contributed by atoms with Crippen LogP contribution < -0.4 is 20.7 Å². The summed E-state index contributed by atoms with van der Waals surface area (Å²) in [6.07, 6.45) is 2.79. The summed E-state index contributed by atoms with van der Waals surface area (Å²) in [4.78, 5) is 6.54. The van der Waals surface area contributed by atoms with Crippen molar-refractivity contribution in [2.24, 2.45) is 4.99 Å². The maximum absolute atomic E-state index is 15.7. The minimum Gasteiger partial charge on any atom is -0.492 e. The number of ether oxygens (including phenoxy) is 1. The fourth-order valence-electron chi connectivity index (χ4n) is 4.15. The number of guanidine groups is 1. The van der Waals surface area contributed by atoms with E-state index >= 15 is 4.39 Å². The smallest absolute Gasteiger partial charge is 0.197 e. The van der Waals surface area contributed by atoms with E-state index in [0.717, 1.165) is 43.5 Å². The molecule has 0 spiro atoms. The second-order valence-electron chi connectivity index (χ2n) is 8.01. The molecule has 0 saturated heterocycles. The molecule has 3 unspecified atom stereocenters. The van der Waals surface area contributed by atoms with Crippen LogP contribution in [0, 0.1) is 5.82 Å². The largest absolute Gasteiger partial charge is 0.492 e. The number of anilines is 1. The third-order valence-corrected chi connectivity index (χ3v) is 5.83. The van der Waals surface area contributed by atoms with E-state index in [2.05, 4.69) is 39.0 Å². The molecule has 0 amide bonds. The molecule has 1 aromatic carbocycles. The molecule has 0 saturated carbocycles. The van der Waals surface area contributed by atoms with E-state index in [9.17, 15) is 4.39 Å². The van der Waals surface area contributed by atoms with Crippen molar-refractivity contribution in [1.29, 1.82) is 0 Å². The van der Waals surface area contributed by atoms with E-state index < -0.39 is 18.4 Å². The van der Waals surface area contributed by atoms with E-state index in [-0.39, 0.29) is 5.82 Å². The normalized spacial score (nSPS) is 27.3. The lowest BCUT2D eigenvalue weighted by Gasteiger charge is -2.31. The SMILES string of the molecule is CNC1N=C(Nc2cc3c(c(C4=CCN(C)CCC4)c2F)OCC3)NC(C)C1F. The molecular weight excluding hydrogens is 376 g/mol. The zero-order valence-electron chi connectivity index (χ0n) is 17.2. The highest BCUT2D eigenvalue weighted by Crippen LogP contribution is 2.41. The summed E-state index contributed by atoms with van der Waals surface area (Å²) in [5.41, 5.74) is 2.86. The summed E-state index contributed by atoms with van der Waals surface area (Å²) in [5, 5.41) is 8.92. The Kier molecular flexibility index (Phi) is 5.74. The lowest BCUT2D eigenvalue weighted by atomic mass is 9.96. The number of nitrogens with one attached hydrogen (secondary N) is 3. The van der Waals surface area contributed by atoms with Gasteiger partial charge >= 0.3 is 0 Å². The van der Waals surface area contributed by atoms with Crippen molar-refractivity contribution < 1.29 is 13.5 Å². The highest BCUT2D eigenvalue weighted by molar-refractivity contribution is 5.95. The maximum Gasteiger partial charge on any atom is 0.197 e. The molecule has 3 heterocycles. The summed E-state index contributed by atoms with van der Waals surface area (Å²) in [6.45, 7) is 4.07. The topological polar surface area (TPSA) is 60.9 Å². The Morgan fingerprint density at radius 1 is 1.34 bits per heavy atom. The van der Waals surface area contributed by atoms with Crippen LogP contribution in [-0.4, -0.2) is 63.0 Å². The highest BCUT2D eigenvalue weighted by Gasteiger charge is 2.32. The number of benzene rings is 1. The van der Waals surface area contributed by atoms with Crippen LogP contribution in [0.1, 0.15) is 30.9 Å². The van der Waals surface area contributed by atoms with Crippen LogP contribution in [0.4, 0.5) is 14.5 Å². The molecule has 6 nitrogen and oxygen atoms in total. The van der Waals surface area contributed by atoms with Crippen molar-refractivity contribution in [3.63, 3.8) is 0 Å². The number of hydrogen-bond donors (Lipinski definition) is 3. The summed E-state index contributed by atoms with van der Waals surface area (Å²) in [5.74, 6) is 0.679. The summed E-state index contributed by atoms with van der Waals surface area (Å²) in [7, 11) is 3.73. The van der Waals surface area contributed by atoms with E-state index in [1.807, 2.05) is 0 Å². The van der Waals surface area contributed by atoms with Gasteiger partial charge in [-0.3, -0.25) is 5.32 Å². The molecule has 0 bridgehead atoms. The third kappa shape index (κ3) is 3.96. The Hall–Kier alpha value is -2.19. The van der Waals surface area contributed by atoms with Crippen LogP contribution in [0.25, 0.3) is 5.57 Å². The van der Waals surface area contributed by atoms with Gasteiger partial charge in [-0.1, -0.05) is 6.08 Å². The third-order valence-electron chi connectivity index (χ3n) is 5.83. The zero-order chi connectivity index (χ0) is 20.5. The lowest BCUT2D eigenvalue weighted by molar-refractivity contribution is 0.208. The molecule has 0 aliphatic carbocycles. The van der Waals surface area contributed by atoms with Gasteiger partial charge in [-0.25, -0.2) is 13.8 Å². The first kappa shape index (κ1) is 20.1. The Morgan fingerprint density at radius 2 is 2.17 bits per heavy atom. The number of hydrogen-bond acceptors (Lipinski definition) is 6. The minimum atomic E-state index is -1.16. The average molecular weight is 405 g/mol. The van der Waals surface area contributed by atoms with Crippen molar-refractivity contribution in [2.45, 2.75) is 44.6 Å². The standard InChI is InChI=1S/C21H29F2N5O/c1-12-17(22)20(24-2)27-21(25-12)26-15-11-14-7-10-29-19(14)16(18(15)23)13-5-4-8-28(3)9-6-13/h6,11-12,17,20,24H,4-5,7-10H2,1-3H3,(H2,25,26,27). The van der Waals surface area contributed by atoms with Crippen LogP contribution >= 0.6 is 0 Å². The Labute approximate surface area is 170 Å².